The SMILES string of the molecule is COc1ccc(NC(=O)c2ccccc2SCC(=O)Nc2ccc(F)cc2)cc1Cl. The highest BCUT2D eigenvalue weighted by Gasteiger charge is 2.14. The molecular weight excluding hydrogens is 427 g/mol. The lowest BCUT2D eigenvalue weighted by molar-refractivity contribution is -0.113. The fraction of sp³-hybridized carbons (Fsp3) is 0.0909. The molecule has 0 radical (unpaired) electrons. The number of hydrogen-bond acceptors (Lipinski definition) is 4. The van der Waals surface area contributed by atoms with Crippen molar-refractivity contribution < 1.29 is 18.7 Å². The zero-order valence-electron chi connectivity index (χ0n) is 15.9. The van der Waals surface area contributed by atoms with Crippen LogP contribution in [-0.2, 0) is 4.79 Å². The fourth-order valence-corrected chi connectivity index (χ4v) is 3.70. The Labute approximate surface area is 182 Å². The number of anilines is 2. The van der Waals surface area contributed by atoms with Gasteiger partial charge in [-0.3, -0.25) is 9.59 Å². The summed E-state index contributed by atoms with van der Waals surface area (Å²) in [5.74, 6) is -0.351. The van der Waals surface area contributed by atoms with E-state index in [9.17, 15) is 14.0 Å². The van der Waals surface area contributed by atoms with Gasteiger partial charge in [-0.25, -0.2) is 4.39 Å². The molecule has 154 valence electrons. The smallest absolute Gasteiger partial charge is 0.256 e. The number of carbonyl (C=O) groups excluding carboxylic acids is 2. The van der Waals surface area contributed by atoms with E-state index in [1.165, 1.54) is 43.1 Å². The van der Waals surface area contributed by atoms with E-state index in [0.29, 0.717) is 32.6 Å². The van der Waals surface area contributed by atoms with Gasteiger partial charge in [0, 0.05) is 16.3 Å². The molecule has 3 aromatic rings. The first-order chi connectivity index (χ1) is 14.5. The van der Waals surface area contributed by atoms with Gasteiger partial charge in [-0.2, -0.15) is 0 Å². The molecule has 8 heteroatoms. The molecule has 0 bridgehead atoms. The van der Waals surface area contributed by atoms with E-state index in [0.717, 1.165) is 0 Å². The zero-order valence-corrected chi connectivity index (χ0v) is 17.5. The first-order valence-electron chi connectivity index (χ1n) is 8.88. The summed E-state index contributed by atoms with van der Waals surface area (Å²) in [5.41, 5.74) is 1.47. The number of amides is 2. The van der Waals surface area contributed by atoms with E-state index in [1.807, 2.05) is 0 Å². The number of methoxy groups -OCH3 is 1. The Kier molecular flexibility index (Phi) is 7.32. The molecule has 2 N–H and O–H groups in total. The summed E-state index contributed by atoms with van der Waals surface area (Å²) in [7, 11) is 1.51. The number of carbonyl (C=O) groups is 2. The Morgan fingerprint density at radius 1 is 1.00 bits per heavy atom. The number of halogens is 2. The van der Waals surface area contributed by atoms with Crippen LogP contribution in [0, 0.1) is 5.82 Å². The molecule has 3 rings (SSSR count). The molecule has 0 aliphatic rings. The molecule has 3 aromatic carbocycles. The topological polar surface area (TPSA) is 67.4 Å². The first-order valence-corrected chi connectivity index (χ1v) is 10.2. The maximum Gasteiger partial charge on any atom is 0.256 e. The third-order valence-electron chi connectivity index (χ3n) is 4.03. The van der Waals surface area contributed by atoms with Crippen molar-refractivity contribution in [3.05, 3.63) is 83.1 Å². The first kappa shape index (κ1) is 21.7. The summed E-state index contributed by atoms with van der Waals surface area (Å²) >= 11 is 7.34. The molecule has 0 saturated heterocycles. The summed E-state index contributed by atoms with van der Waals surface area (Å²) < 4.78 is 18.1. The van der Waals surface area contributed by atoms with Crippen molar-refractivity contribution >= 4 is 46.6 Å². The van der Waals surface area contributed by atoms with Crippen molar-refractivity contribution in [2.45, 2.75) is 4.90 Å². The highest BCUT2D eigenvalue weighted by Crippen LogP contribution is 2.28. The minimum absolute atomic E-state index is 0.0933. The molecule has 0 heterocycles. The molecule has 5 nitrogen and oxygen atoms in total. The highest BCUT2D eigenvalue weighted by atomic mass is 35.5. The third kappa shape index (κ3) is 5.75. The Balaban J connectivity index is 1.64. The van der Waals surface area contributed by atoms with Gasteiger partial charge in [-0.15, -0.1) is 11.8 Å². The van der Waals surface area contributed by atoms with Gasteiger partial charge in [-0.1, -0.05) is 23.7 Å². The van der Waals surface area contributed by atoms with Crippen LogP contribution >= 0.6 is 23.4 Å². The van der Waals surface area contributed by atoms with Gasteiger partial charge in [-0.05, 0) is 54.6 Å². The Hall–Kier alpha value is -3.03. The molecule has 0 saturated carbocycles. The average molecular weight is 445 g/mol. The van der Waals surface area contributed by atoms with E-state index in [-0.39, 0.29) is 23.4 Å². The zero-order chi connectivity index (χ0) is 21.5. The minimum atomic E-state index is -0.375. The second-order valence-corrected chi connectivity index (χ2v) is 7.57. The number of ether oxygens (including phenoxy) is 1. The third-order valence-corrected chi connectivity index (χ3v) is 5.40. The molecule has 0 aromatic heterocycles. The molecule has 2 amide bonds. The summed E-state index contributed by atoms with van der Waals surface area (Å²) in [6.07, 6.45) is 0. The highest BCUT2D eigenvalue weighted by molar-refractivity contribution is 8.00. The summed E-state index contributed by atoms with van der Waals surface area (Å²) in [6, 6.07) is 17.5. The van der Waals surface area contributed by atoms with Crippen LogP contribution in [0.5, 0.6) is 5.75 Å². The van der Waals surface area contributed by atoms with Gasteiger partial charge in [0.2, 0.25) is 5.91 Å². The molecule has 30 heavy (non-hydrogen) atoms. The molecular formula is C22H18ClFN2O3S. The number of rotatable bonds is 7. The standard InChI is InChI=1S/C22H18ClFN2O3S/c1-29-19-11-10-16(12-18(19)23)26-22(28)17-4-2-3-5-20(17)30-13-21(27)25-15-8-6-14(24)7-9-15/h2-12H,13H2,1H3,(H,25,27)(H,26,28). The lowest BCUT2D eigenvalue weighted by atomic mass is 10.2. The van der Waals surface area contributed by atoms with Crippen molar-refractivity contribution in [3.63, 3.8) is 0 Å². The number of nitrogens with one attached hydrogen (secondary N) is 2. The fourth-order valence-electron chi connectivity index (χ4n) is 2.60. The average Bonchev–Trinajstić information content (AvgIpc) is 2.74. The van der Waals surface area contributed by atoms with Crippen LogP contribution in [0.1, 0.15) is 10.4 Å². The van der Waals surface area contributed by atoms with Crippen LogP contribution in [0.3, 0.4) is 0 Å². The lowest BCUT2D eigenvalue weighted by Crippen LogP contribution is -2.16. The minimum Gasteiger partial charge on any atom is -0.495 e. The molecule has 0 aliphatic heterocycles. The lowest BCUT2D eigenvalue weighted by Gasteiger charge is -2.11. The molecule has 0 aliphatic carbocycles. The van der Waals surface area contributed by atoms with Crippen molar-refractivity contribution in [3.8, 4) is 5.75 Å². The van der Waals surface area contributed by atoms with Gasteiger partial charge in [0.1, 0.15) is 11.6 Å². The molecule has 0 fully saturated rings. The summed E-state index contributed by atoms with van der Waals surface area (Å²) in [4.78, 5) is 25.6. The largest absolute Gasteiger partial charge is 0.495 e. The molecule has 0 spiro atoms. The van der Waals surface area contributed by atoms with Crippen molar-refractivity contribution in [1.82, 2.24) is 0 Å². The van der Waals surface area contributed by atoms with E-state index in [4.69, 9.17) is 16.3 Å². The van der Waals surface area contributed by atoms with Gasteiger partial charge < -0.3 is 15.4 Å². The molecule has 0 atom stereocenters. The van der Waals surface area contributed by atoms with Crippen LogP contribution in [0.15, 0.2) is 71.6 Å². The van der Waals surface area contributed by atoms with Crippen LogP contribution in [0.4, 0.5) is 15.8 Å². The van der Waals surface area contributed by atoms with E-state index >= 15 is 0 Å². The Bertz CT molecular complexity index is 1060. The second-order valence-electron chi connectivity index (χ2n) is 6.14. The van der Waals surface area contributed by atoms with E-state index in [1.54, 1.807) is 42.5 Å². The number of thioether (sulfide) groups is 1. The van der Waals surface area contributed by atoms with Crippen molar-refractivity contribution in [1.29, 1.82) is 0 Å². The van der Waals surface area contributed by atoms with Crippen LogP contribution < -0.4 is 15.4 Å². The predicted molar refractivity (Wildman–Crippen MR) is 118 cm³/mol. The van der Waals surface area contributed by atoms with Gasteiger partial charge >= 0.3 is 0 Å². The second kappa shape index (κ2) is 10.1. The van der Waals surface area contributed by atoms with Crippen molar-refractivity contribution in [2.75, 3.05) is 23.5 Å². The van der Waals surface area contributed by atoms with Gasteiger partial charge in [0.25, 0.3) is 5.91 Å². The van der Waals surface area contributed by atoms with Crippen LogP contribution in [0.25, 0.3) is 0 Å². The van der Waals surface area contributed by atoms with Gasteiger partial charge in [0.05, 0.1) is 23.4 Å². The van der Waals surface area contributed by atoms with Crippen LogP contribution in [-0.4, -0.2) is 24.7 Å². The molecule has 0 unspecified atom stereocenters. The van der Waals surface area contributed by atoms with Gasteiger partial charge in [0.15, 0.2) is 0 Å². The number of hydrogen-bond donors (Lipinski definition) is 2. The van der Waals surface area contributed by atoms with E-state index < -0.39 is 0 Å². The van der Waals surface area contributed by atoms with E-state index in [2.05, 4.69) is 10.6 Å². The van der Waals surface area contributed by atoms with Crippen LogP contribution in [0.2, 0.25) is 5.02 Å². The maximum atomic E-state index is 13.0. The van der Waals surface area contributed by atoms with Crippen molar-refractivity contribution in [2.24, 2.45) is 0 Å². The monoisotopic (exact) mass is 444 g/mol. The Morgan fingerprint density at radius 3 is 2.40 bits per heavy atom. The Morgan fingerprint density at radius 2 is 1.70 bits per heavy atom. The normalized spacial score (nSPS) is 10.4. The predicted octanol–water partition coefficient (Wildman–Crippen LogP) is 5.47. The quantitative estimate of drug-likeness (QED) is 0.474. The maximum absolute atomic E-state index is 13.0. The summed E-state index contributed by atoms with van der Waals surface area (Å²) in [6.45, 7) is 0. The number of benzene rings is 3. The summed E-state index contributed by atoms with van der Waals surface area (Å²) in [5, 5.41) is 5.87.